The highest BCUT2D eigenvalue weighted by Gasteiger charge is 2.25. The number of thiophene rings is 1. The molecule has 0 aliphatic carbocycles. The summed E-state index contributed by atoms with van der Waals surface area (Å²) < 4.78 is 16.1. The Morgan fingerprint density at radius 3 is 3.10 bits per heavy atom. The number of hydrogen-bond acceptors (Lipinski definition) is 7. The second kappa shape index (κ2) is 8.35. The van der Waals surface area contributed by atoms with Gasteiger partial charge in [0.2, 0.25) is 18.5 Å². The minimum Gasteiger partial charge on any atom is -0.454 e. The molecule has 0 bridgehead atoms. The summed E-state index contributed by atoms with van der Waals surface area (Å²) in [7, 11) is 0. The van der Waals surface area contributed by atoms with Gasteiger partial charge in [0.05, 0.1) is 0 Å². The molecule has 1 aromatic carbocycles. The molecule has 156 valence electrons. The Balaban J connectivity index is 1.14. The van der Waals surface area contributed by atoms with Gasteiger partial charge >= 0.3 is 6.03 Å². The Labute approximate surface area is 177 Å². The number of benzene rings is 1. The maximum absolute atomic E-state index is 12.7. The van der Waals surface area contributed by atoms with E-state index in [-0.39, 0.29) is 12.8 Å². The molecule has 0 saturated carbocycles. The van der Waals surface area contributed by atoms with Crippen LogP contribution in [0.15, 0.2) is 39.5 Å². The van der Waals surface area contributed by atoms with Crippen LogP contribution in [0.3, 0.4) is 0 Å². The first-order chi connectivity index (χ1) is 14.7. The average Bonchev–Trinajstić information content (AvgIpc) is 3.53. The number of likely N-dealkylation sites (tertiary alicyclic amines) is 1. The first-order valence-corrected chi connectivity index (χ1v) is 11.0. The van der Waals surface area contributed by atoms with E-state index in [2.05, 4.69) is 15.5 Å². The largest absolute Gasteiger partial charge is 0.454 e. The molecule has 2 amide bonds. The fourth-order valence-corrected chi connectivity index (χ4v) is 4.48. The summed E-state index contributed by atoms with van der Waals surface area (Å²) in [5, 5.41) is 11.1. The number of nitrogens with zero attached hydrogens (tertiary/aromatic N) is 3. The lowest BCUT2D eigenvalue weighted by Crippen LogP contribution is -2.45. The maximum atomic E-state index is 12.7. The lowest BCUT2D eigenvalue weighted by atomic mass is 9.95. The van der Waals surface area contributed by atoms with Crippen LogP contribution in [0.5, 0.6) is 11.5 Å². The number of rotatable bonds is 5. The lowest BCUT2D eigenvalue weighted by molar-refractivity contribution is 0.161. The number of ether oxygens (including phenoxy) is 2. The number of hydrogen-bond donors (Lipinski definition) is 1. The summed E-state index contributed by atoms with van der Waals surface area (Å²) in [6.07, 6.45) is 2.69. The number of nitrogens with one attached hydrogen (secondary N) is 1. The van der Waals surface area contributed by atoms with E-state index in [1.165, 1.54) is 0 Å². The Kier molecular flexibility index (Phi) is 5.27. The van der Waals surface area contributed by atoms with Crippen molar-refractivity contribution in [3.8, 4) is 22.9 Å². The molecule has 1 unspecified atom stereocenters. The van der Waals surface area contributed by atoms with E-state index in [1.54, 1.807) is 11.3 Å². The standard InChI is InChI=1S/C21H22N4O4S/c26-21(22-10-14-3-4-17-18(8-14)28-13-27-17)25-6-1-2-15(11-25)9-19-23-20(24-29-19)16-5-7-30-12-16/h3-5,7-8,12,15H,1-2,6,9-11,13H2,(H,22,26). The third-order valence-corrected chi connectivity index (χ3v) is 6.08. The number of urea groups is 1. The average molecular weight is 426 g/mol. The minimum absolute atomic E-state index is 0.0538. The molecule has 1 fully saturated rings. The van der Waals surface area contributed by atoms with Crippen LogP contribution in [0.25, 0.3) is 11.4 Å². The van der Waals surface area contributed by atoms with Gasteiger partial charge in [0.1, 0.15) is 0 Å². The molecule has 1 saturated heterocycles. The summed E-state index contributed by atoms with van der Waals surface area (Å²) >= 11 is 1.61. The van der Waals surface area contributed by atoms with Gasteiger partial charge in [-0.1, -0.05) is 11.2 Å². The smallest absolute Gasteiger partial charge is 0.317 e. The normalized spacial score (nSPS) is 17.9. The summed E-state index contributed by atoms with van der Waals surface area (Å²) in [5.41, 5.74) is 1.95. The highest BCUT2D eigenvalue weighted by atomic mass is 32.1. The van der Waals surface area contributed by atoms with Crippen LogP contribution in [-0.4, -0.2) is 41.0 Å². The van der Waals surface area contributed by atoms with Crippen molar-refractivity contribution in [3.63, 3.8) is 0 Å². The fourth-order valence-electron chi connectivity index (χ4n) is 3.85. The van der Waals surface area contributed by atoms with E-state index >= 15 is 0 Å². The van der Waals surface area contributed by atoms with Crippen LogP contribution in [-0.2, 0) is 13.0 Å². The van der Waals surface area contributed by atoms with Crippen LogP contribution in [0, 0.1) is 5.92 Å². The van der Waals surface area contributed by atoms with Crippen LogP contribution in [0.4, 0.5) is 4.79 Å². The van der Waals surface area contributed by atoms with Gasteiger partial charge in [0, 0.05) is 37.0 Å². The summed E-state index contributed by atoms with van der Waals surface area (Å²) in [5.74, 6) is 3.03. The Hall–Kier alpha value is -3.07. The lowest BCUT2D eigenvalue weighted by Gasteiger charge is -2.32. The summed E-state index contributed by atoms with van der Waals surface area (Å²) in [4.78, 5) is 19.1. The molecule has 2 aromatic heterocycles. The van der Waals surface area contributed by atoms with Gasteiger partial charge in [-0.15, -0.1) is 0 Å². The third-order valence-electron chi connectivity index (χ3n) is 5.40. The van der Waals surface area contributed by atoms with Crippen LogP contribution >= 0.6 is 11.3 Å². The molecule has 30 heavy (non-hydrogen) atoms. The number of fused-ring (bicyclic) bond motifs is 1. The van der Waals surface area contributed by atoms with Gasteiger partial charge in [-0.3, -0.25) is 0 Å². The van der Waals surface area contributed by atoms with E-state index in [4.69, 9.17) is 14.0 Å². The maximum Gasteiger partial charge on any atom is 0.317 e. The molecule has 4 heterocycles. The van der Waals surface area contributed by atoms with Crippen molar-refractivity contribution in [2.75, 3.05) is 19.9 Å². The molecule has 8 nitrogen and oxygen atoms in total. The van der Waals surface area contributed by atoms with Gasteiger partial charge in [0.25, 0.3) is 0 Å². The molecule has 1 atom stereocenters. The number of carbonyl (C=O) groups is 1. The zero-order chi connectivity index (χ0) is 20.3. The second-order valence-electron chi connectivity index (χ2n) is 7.53. The number of amides is 2. The Morgan fingerprint density at radius 2 is 2.20 bits per heavy atom. The predicted octanol–water partition coefficient (Wildman–Crippen LogP) is 3.69. The van der Waals surface area contributed by atoms with Crippen LogP contribution in [0.2, 0.25) is 0 Å². The minimum atomic E-state index is -0.0538. The van der Waals surface area contributed by atoms with Crippen molar-refractivity contribution in [2.24, 2.45) is 5.92 Å². The molecule has 2 aliphatic rings. The quantitative estimate of drug-likeness (QED) is 0.669. The highest BCUT2D eigenvalue weighted by molar-refractivity contribution is 7.08. The number of piperidine rings is 1. The zero-order valence-electron chi connectivity index (χ0n) is 16.4. The highest BCUT2D eigenvalue weighted by Crippen LogP contribution is 2.32. The Bertz CT molecular complexity index is 1020. The first-order valence-electron chi connectivity index (χ1n) is 10.0. The molecule has 5 rings (SSSR count). The SMILES string of the molecule is O=C(NCc1ccc2c(c1)OCO2)N1CCCC(Cc2nc(-c3ccsc3)no2)C1. The second-order valence-corrected chi connectivity index (χ2v) is 8.31. The van der Waals surface area contributed by atoms with Crippen molar-refractivity contribution >= 4 is 17.4 Å². The van der Waals surface area contributed by atoms with E-state index in [0.717, 1.165) is 42.0 Å². The topological polar surface area (TPSA) is 89.7 Å². The summed E-state index contributed by atoms with van der Waals surface area (Å²) in [6.45, 7) is 2.13. The molecule has 3 aromatic rings. The molecule has 9 heteroatoms. The molecule has 0 spiro atoms. The van der Waals surface area contributed by atoms with Crippen molar-refractivity contribution in [1.29, 1.82) is 0 Å². The fraction of sp³-hybridized carbons (Fsp3) is 0.381. The van der Waals surface area contributed by atoms with Crippen molar-refractivity contribution < 1.29 is 18.8 Å². The van der Waals surface area contributed by atoms with E-state index in [1.807, 2.05) is 39.9 Å². The zero-order valence-corrected chi connectivity index (χ0v) is 17.2. The molecule has 0 radical (unpaired) electrons. The third kappa shape index (κ3) is 4.11. The van der Waals surface area contributed by atoms with Gasteiger partial charge < -0.3 is 24.2 Å². The molecule has 2 aliphatic heterocycles. The van der Waals surface area contributed by atoms with Crippen molar-refractivity contribution in [2.45, 2.75) is 25.8 Å². The Morgan fingerprint density at radius 1 is 1.27 bits per heavy atom. The van der Waals surface area contributed by atoms with Gasteiger partial charge in [-0.2, -0.15) is 16.3 Å². The number of aromatic nitrogens is 2. The van der Waals surface area contributed by atoms with E-state index < -0.39 is 0 Å². The van der Waals surface area contributed by atoms with E-state index in [0.29, 0.717) is 37.1 Å². The molecular weight excluding hydrogens is 404 g/mol. The molecule has 1 N–H and O–H groups in total. The van der Waals surface area contributed by atoms with Crippen molar-refractivity contribution in [1.82, 2.24) is 20.4 Å². The van der Waals surface area contributed by atoms with Crippen LogP contribution < -0.4 is 14.8 Å². The summed E-state index contributed by atoms with van der Waals surface area (Å²) in [6, 6.07) is 7.64. The monoisotopic (exact) mass is 426 g/mol. The van der Waals surface area contributed by atoms with Gasteiger partial charge in [0.15, 0.2) is 11.5 Å². The predicted molar refractivity (Wildman–Crippen MR) is 110 cm³/mol. The number of carbonyl (C=O) groups excluding carboxylic acids is 1. The van der Waals surface area contributed by atoms with Gasteiger partial charge in [-0.25, -0.2) is 4.79 Å². The van der Waals surface area contributed by atoms with Crippen LogP contribution in [0.1, 0.15) is 24.3 Å². The first kappa shape index (κ1) is 18.9. The van der Waals surface area contributed by atoms with Gasteiger partial charge in [-0.05, 0) is 47.9 Å². The van der Waals surface area contributed by atoms with Crippen molar-refractivity contribution in [3.05, 3.63) is 46.5 Å². The van der Waals surface area contributed by atoms with E-state index in [9.17, 15) is 4.79 Å². The molecular formula is C21H22N4O4S.